The maximum atomic E-state index is 13.2. The molecule has 1 saturated carbocycles. The van der Waals surface area contributed by atoms with Crippen LogP contribution in [0.5, 0.6) is 0 Å². The molecule has 4 rings (SSSR count). The van der Waals surface area contributed by atoms with Crippen LogP contribution < -0.4 is 5.32 Å². The third-order valence-electron chi connectivity index (χ3n) is 5.42. The highest BCUT2D eigenvalue weighted by atomic mass is 35.5. The van der Waals surface area contributed by atoms with Crippen LogP contribution in [0.15, 0.2) is 59.6 Å². The number of sulfone groups is 1. The predicted octanol–water partition coefficient (Wildman–Crippen LogP) is 4.33. The molecule has 3 aromatic rings. The molecule has 1 amide bonds. The molecule has 0 aliphatic heterocycles. The van der Waals surface area contributed by atoms with E-state index in [9.17, 15) is 13.2 Å². The van der Waals surface area contributed by atoms with Crippen molar-refractivity contribution in [1.29, 1.82) is 0 Å². The number of carbonyl (C=O) groups excluding carboxylic acids is 1. The van der Waals surface area contributed by atoms with E-state index in [1.165, 1.54) is 0 Å². The van der Waals surface area contributed by atoms with Crippen molar-refractivity contribution in [3.63, 3.8) is 0 Å². The van der Waals surface area contributed by atoms with Crippen molar-refractivity contribution in [3.8, 4) is 0 Å². The Balaban J connectivity index is 1.65. The molecule has 1 N–H and O–H groups in total. The lowest BCUT2D eigenvalue weighted by molar-refractivity contribution is -0.122. The normalized spacial score (nSPS) is 15.1. The lowest BCUT2D eigenvalue weighted by atomic mass is 10.2. The molecule has 0 radical (unpaired) electrons. The van der Waals surface area contributed by atoms with Gasteiger partial charge in [0.1, 0.15) is 6.54 Å². The molecule has 0 unspecified atom stereocenters. The number of carbonyl (C=O) groups is 1. The van der Waals surface area contributed by atoms with Gasteiger partial charge >= 0.3 is 0 Å². The Morgan fingerprint density at radius 2 is 1.76 bits per heavy atom. The zero-order chi connectivity index (χ0) is 20.4. The Bertz CT molecular complexity index is 1150. The van der Waals surface area contributed by atoms with Gasteiger partial charge in [-0.1, -0.05) is 60.8 Å². The number of hydrogen-bond donors (Lipinski definition) is 1. The van der Waals surface area contributed by atoms with Crippen molar-refractivity contribution >= 4 is 38.2 Å². The monoisotopic (exact) mass is 430 g/mol. The zero-order valence-corrected chi connectivity index (χ0v) is 17.5. The van der Waals surface area contributed by atoms with Gasteiger partial charge in [0.15, 0.2) is 9.84 Å². The van der Waals surface area contributed by atoms with Gasteiger partial charge in [-0.3, -0.25) is 4.79 Å². The summed E-state index contributed by atoms with van der Waals surface area (Å²) < 4.78 is 28.1. The molecule has 1 aliphatic carbocycles. The van der Waals surface area contributed by atoms with Crippen molar-refractivity contribution in [2.75, 3.05) is 0 Å². The van der Waals surface area contributed by atoms with Gasteiger partial charge in [-0.15, -0.1) is 0 Å². The molecule has 7 heteroatoms. The highest BCUT2D eigenvalue weighted by Gasteiger charge is 2.24. The second-order valence-corrected chi connectivity index (χ2v) is 9.90. The van der Waals surface area contributed by atoms with Crippen LogP contribution >= 0.6 is 11.6 Å². The summed E-state index contributed by atoms with van der Waals surface area (Å²) in [6.07, 6.45) is 5.88. The Kier molecular flexibility index (Phi) is 5.65. The Morgan fingerprint density at radius 1 is 1.07 bits per heavy atom. The average molecular weight is 431 g/mol. The van der Waals surface area contributed by atoms with Gasteiger partial charge in [0.25, 0.3) is 0 Å². The van der Waals surface area contributed by atoms with E-state index in [0.29, 0.717) is 16.0 Å². The van der Waals surface area contributed by atoms with Gasteiger partial charge in [0.2, 0.25) is 5.91 Å². The van der Waals surface area contributed by atoms with Gasteiger partial charge in [0, 0.05) is 28.2 Å². The molecule has 1 aromatic heterocycles. The summed E-state index contributed by atoms with van der Waals surface area (Å²) in [6.45, 7) is 0.0959. The fraction of sp³-hybridized carbons (Fsp3) is 0.318. The second-order valence-electron chi connectivity index (χ2n) is 7.54. The molecule has 0 spiro atoms. The SMILES string of the molecule is O=C(Cn1cc(S(=O)(=O)Cc2ccccc2Cl)c2ccccc21)NC1CCCC1. The number of hydrogen-bond acceptors (Lipinski definition) is 3. The molecule has 2 aromatic carbocycles. The van der Waals surface area contributed by atoms with E-state index in [4.69, 9.17) is 11.6 Å². The highest BCUT2D eigenvalue weighted by molar-refractivity contribution is 7.90. The van der Waals surface area contributed by atoms with E-state index in [0.717, 1.165) is 31.2 Å². The van der Waals surface area contributed by atoms with Crippen molar-refractivity contribution in [2.45, 2.75) is 48.9 Å². The van der Waals surface area contributed by atoms with Crippen LogP contribution in [0.2, 0.25) is 5.02 Å². The Morgan fingerprint density at radius 3 is 2.52 bits per heavy atom. The number of amides is 1. The van der Waals surface area contributed by atoms with Gasteiger partial charge in [0.05, 0.1) is 10.6 Å². The zero-order valence-electron chi connectivity index (χ0n) is 16.0. The first-order valence-electron chi connectivity index (χ1n) is 9.77. The molecule has 0 bridgehead atoms. The van der Waals surface area contributed by atoms with E-state index >= 15 is 0 Å². The molecular weight excluding hydrogens is 408 g/mol. The quantitative estimate of drug-likeness (QED) is 0.632. The number of aromatic nitrogens is 1. The fourth-order valence-corrected chi connectivity index (χ4v) is 5.88. The van der Waals surface area contributed by atoms with E-state index in [-0.39, 0.29) is 29.1 Å². The summed E-state index contributed by atoms with van der Waals surface area (Å²) in [6, 6.07) is 14.4. The van der Waals surface area contributed by atoms with Crippen LogP contribution in [0.1, 0.15) is 31.2 Å². The van der Waals surface area contributed by atoms with Crippen LogP contribution in [0.4, 0.5) is 0 Å². The first-order chi connectivity index (χ1) is 13.9. The van der Waals surface area contributed by atoms with Crippen LogP contribution in [-0.4, -0.2) is 24.9 Å². The van der Waals surface area contributed by atoms with Crippen molar-refractivity contribution in [3.05, 3.63) is 65.3 Å². The van der Waals surface area contributed by atoms with Crippen molar-refractivity contribution in [1.82, 2.24) is 9.88 Å². The number of rotatable bonds is 6. The molecule has 29 heavy (non-hydrogen) atoms. The molecule has 0 saturated heterocycles. The van der Waals surface area contributed by atoms with E-state index in [2.05, 4.69) is 5.32 Å². The summed E-state index contributed by atoms with van der Waals surface area (Å²) >= 11 is 6.17. The minimum Gasteiger partial charge on any atom is -0.352 e. The Hall–Kier alpha value is -2.31. The van der Waals surface area contributed by atoms with Crippen LogP contribution in [0.3, 0.4) is 0 Å². The summed E-state index contributed by atoms with van der Waals surface area (Å²) in [5, 5.41) is 4.11. The van der Waals surface area contributed by atoms with Crippen molar-refractivity contribution < 1.29 is 13.2 Å². The third kappa shape index (κ3) is 4.33. The lowest BCUT2D eigenvalue weighted by Gasteiger charge is -2.12. The summed E-state index contributed by atoms with van der Waals surface area (Å²) in [5.41, 5.74) is 1.29. The predicted molar refractivity (Wildman–Crippen MR) is 115 cm³/mol. The summed E-state index contributed by atoms with van der Waals surface area (Å²) in [5.74, 6) is -0.276. The topological polar surface area (TPSA) is 68.2 Å². The summed E-state index contributed by atoms with van der Waals surface area (Å²) in [7, 11) is -3.64. The summed E-state index contributed by atoms with van der Waals surface area (Å²) in [4.78, 5) is 12.7. The van der Waals surface area contributed by atoms with Crippen molar-refractivity contribution in [2.24, 2.45) is 0 Å². The smallest absolute Gasteiger partial charge is 0.240 e. The van der Waals surface area contributed by atoms with Gasteiger partial charge in [-0.2, -0.15) is 0 Å². The van der Waals surface area contributed by atoms with Gasteiger partial charge in [-0.05, 0) is 30.5 Å². The fourth-order valence-electron chi connectivity index (χ4n) is 3.99. The van der Waals surface area contributed by atoms with E-state index in [1.54, 1.807) is 47.2 Å². The molecular formula is C22H23ClN2O3S. The average Bonchev–Trinajstić information content (AvgIpc) is 3.32. The van der Waals surface area contributed by atoms with Gasteiger partial charge < -0.3 is 9.88 Å². The second kappa shape index (κ2) is 8.20. The van der Waals surface area contributed by atoms with Crippen LogP contribution in [-0.2, 0) is 26.9 Å². The molecule has 1 heterocycles. The van der Waals surface area contributed by atoms with Crippen LogP contribution in [0.25, 0.3) is 10.9 Å². The highest BCUT2D eigenvalue weighted by Crippen LogP contribution is 2.29. The lowest BCUT2D eigenvalue weighted by Crippen LogP contribution is -2.35. The number of para-hydroxylation sites is 1. The maximum absolute atomic E-state index is 13.2. The minimum absolute atomic E-state index is 0.0901. The number of nitrogens with zero attached hydrogens (tertiary/aromatic N) is 1. The van der Waals surface area contributed by atoms with Crippen LogP contribution in [0, 0.1) is 0 Å². The molecule has 152 valence electrons. The molecule has 0 atom stereocenters. The van der Waals surface area contributed by atoms with E-state index in [1.807, 2.05) is 12.1 Å². The molecule has 1 fully saturated rings. The minimum atomic E-state index is -3.64. The van der Waals surface area contributed by atoms with E-state index < -0.39 is 9.84 Å². The third-order valence-corrected chi connectivity index (χ3v) is 7.48. The molecule has 1 aliphatic rings. The largest absolute Gasteiger partial charge is 0.352 e. The van der Waals surface area contributed by atoms with Gasteiger partial charge in [-0.25, -0.2) is 8.42 Å². The number of halogens is 1. The number of nitrogens with one attached hydrogen (secondary N) is 1. The standard InChI is InChI=1S/C22H23ClN2O3S/c23-19-11-5-1-7-16(19)15-29(27,28)21-13-25(20-12-6-4-10-18(20)21)14-22(26)24-17-8-2-3-9-17/h1,4-7,10-13,17H,2-3,8-9,14-15H2,(H,24,26). The first kappa shape index (κ1) is 20.0. The Labute approximate surface area is 175 Å². The molecule has 5 nitrogen and oxygen atoms in total. The number of fused-ring (bicyclic) bond motifs is 1. The maximum Gasteiger partial charge on any atom is 0.240 e. The first-order valence-corrected chi connectivity index (χ1v) is 11.8. The number of benzene rings is 2.